The number of aliphatic hydroxyl groups is 2. The molecule has 244 valence electrons. The zero-order valence-electron chi connectivity index (χ0n) is 25.5. The van der Waals surface area contributed by atoms with Gasteiger partial charge in [0.1, 0.15) is 5.60 Å². The molecule has 0 aromatic carbocycles. The summed E-state index contributed by atoms with van der Waals surface area (Å²) in [6, 6.07) is 0. The summed E-state index contributed by atoms with van der Waals surface area (Å²) in [6.45, 7) is 4.38. The first kappa shape index (κ1) is 33.7. The Morgan fingerprint density at radius 2 is 1.91 bits per heavy atom. The van der Waals surface area contributed by atoms with Crippen molar-refractivity contribution in [2.24, 2.45) is 28.6 Å². The molecule has 4 rings (SSSR count). The maximum absolute atomic E-state index is 17.3. The monoisotopic (exact) mass is 622 g/mol. The van der Waals surface area contributed by atoms with Crippen molar-refractivity contribution in [1.29, 1.82) is 0 Å². The third-order valence-electron chi connectivity index (χ3n) is 10.9. The number of carbonyl (C=O) groups excluding carboxylic acids is 4. The number of carbonyl (C=O) groups is 4. The van der Waals surface area contributed by atoms with E-state index in [4.69, 9.17) is 4.74 Å². The van der Waals surface area contributed by atoms with Gasteiger partial charge in [0.15, 0.2) is 18.1 Å². The molecule has 13 heteroatoms. The van der Waals surface area contributed by atoms with Gasteiger partial charge in [-0.3, -0.25) is 19.2 Å². The van der Waals surface area contributed by atoms with Gasteiger partial charge in [-0.2, -0.15) is 0 Å². The maximum atomic E-state index is 17.3. The van der Waals surface area contributed by atoms with Crippen molar-refractivity contribution in [2.75, 3.05) is 19.8 Å². The lowest BCUT2D eigenvalue weighted by Crippen LogP contribution is -2.69. The molecule has 3 saturated carbocycles. The fourth-order valence-corrected chi connectivity index (χ4v) is 8.56. The average Bonchev–Trinajstić information content (AvgIpc) is 3.16. The number of halogens is 1. The summed E-state index contributed by atoms with van der Waals surface area (Å²) in [7, 11) is 0. The first-order chi connectivity index (χ1) is 20.6. The molecular formula is C31H43FN2O10. The number of nitrogens with one attached hydrogen (secondary N) is 1. The number of alkyl halides is 1. The number of esters is 1. The predicted molar refractivity (Wildman–Crippen MR) is 153 cm³/mol. The maximum Gasteiger partial charge on any atom is 0.308 e. The number of ketones is 2. The molecule has 4 aliphatic rings. The van der Waals surface area contributed by atoms with Gasteiger partial charge in [0.05, 0.1) is 19.1 Å². The molecule has 0 aromatic rings. The molecule has 0 spiro atoms. The highest BCUT2D eigenvalue weighted by atomic mass is 19.1. The summed E-state index contributed by atoms with van der Waals surface area (Å²) >= 11 is 0. The molecule has 3 fully saturated rings. The van der Waals surface area contributed by atoms with E-state index in [1.807, 2.05) is 0 Å². The van der Waals surface area contributed by atoms with Crippen molar-refractivity contribution in [3.8, 4) is 0 Å². The first-order valence-corrected chi connectivity index (χ1v) is 15.4. The minimum atomic E-state index is -2.09. The van der Waals surface area contributed by atoms with Crippen LogP contribution in [0.5, 0.6) is 0 Å². The number of nitrogens with zero attached hydrogens (tertiary/aromatic N) is 1. The van der Waals surface area contributed by atoms with E-state index in [9.17, 15) is 39.5 Å². The Morgan fingerprint density at radius 3 is 2.61 bits per heavy atom. The first-order valence-electron chi connectivity index (χ1n) is 15.4. The fourth-order valence-electron chi connectivity index (χ4n) is 8.56. The highest BCUT2D eigenvalue weighted by Crippen LogP contribution is 2.70. The third-order valence-corrected chi connectivity index (χ3v) is 10.9. The molecule has 1 amide bonds. The van der Waals surface area contributed by atoms with E-state index in [1.165, 1.54) is 12.2 Å². The third kappa shape index (κ3) is 5.68. The second kappa shape index (κ2) is 12.7. The minimum Gasteiger partial charge on any atom is -0.457 e. The SMILES string of the molecule is C[C@@H]1CC2C3CCC4=CC(=O)C=C[C@]4(C)[C@@]3(F)[C@@H](O)C[C@]2(C)[C@@]1(O)C(=O)COC(=O)CCNC(=O)CCCCCO[N+](=O)[O-]. The van der Waals surface area contributed by atoms with E-state index < -0.39 is 69.4 Å². The summed E-state index contributed by atoms with van der Waals surface area (Å²) in [5, 5.41) is 35.2. The Kier molecular flexibility index (Phi) is 9.70. The van der Waals surface area contributed by atoms with Crippen LogP contribution in [0.3, 0.4) is 0 Å². The quantitative estimate of drug-likeness (QED) is 0.120. The Balaban J connectivity index is 1.32. The predicted octanol–water partition coefficient (Wildman–Crippen LogP) is 2.72. The molecule has 4 aliphatic carbocycles. The van der Waals surface area contributed by atoms with Crippen molar-refractivity contribution in [3.05, 3.63) is 33.9 Å². The molecule has 0 bridgehead atoms. The van der Waals surface area contributed by atoms with Gasteiger partial charge < -0.3 is 25.1 Å². The molecule has 0 heterocycles. The van der Waals surface area contributed by atoms with Crippen LogP contribution in [-0.4, -0.2) is 75.9 Å². The Morgan fingerprint density at radius 1 is 1.18 bits per heavy atom. The van der Waals surface area contributed by atoms with Gasteiger partial charge in [-0.1, -0.05) is 31.9 Å². The highest BCUT2D eigenvalue weighted by molar-refractivity contribution is 6.01. The number of aliphatic hydroxyl groups excluding tert-OH is 1. The molecular weight excluding hydrogens is 579 g/mol. The molecule has 8 atom stereocenters. The molecule has 0 saturated heterocycles. The second-order valence-electron chi connectivity index (χ2n) is 13.2. The van der Waals surface area contributed by atoms with E-state index in [-0.39, 0.29) is 44.1 Å². The number of Topliss-reactive ketones (excluding diaryl/α,β-unsaturated/α-hetero) is 1. The number of hydrogen-bond acceptors (Lipinski definition) is 10. The zero-order valence-corrected chi connectivity index (χ0v) is 25.5. The number of fused-ring (bicyclic) bond motifs is 5. The van der Waals surface area contributed by atoms with Gasteiger partial charge in [-0.25, -0.2) is 4.39 Å². The van der Waals surface area contributed by atoms with Crippen LogP contribution in [0.2, 0.25) is 0 Å². The van der Waals surface area contributed by atoms with Crippen LogP contribution < -0.4 is 5.32 Å². The summed E-state index contributed by atoms with van der Waals surface area (Å²) in [4.78, 5) is 64.2. The average molecular weight is 623 g/mol. The zero-order chi connectivity index (χ0) is 32.5. The topological polar surface area (TPSA) is 182 Å². The number of amides is 1. The number of allylic oxidation sites excluding steroid dienone is 4. The Hall–Kier alpha value is -3.19. The normalized spacial score (nSPS) is 37.2. The van der Waals surface area contributed by atoms with Crippen molar-refractivity contribution in [1.82, 2.24) is 5.32 Å². The fraction of sp³-hybridized carbons (Fsp3) is 0.742. The van der Waals surface area contributed by atoms with Crippen LogP contribution in [0, 0.1) is 38.7 Å². The van der Waals surface area contributed by atoms with Gasteiger partial charge in [-0.05, 0) is 69.4 Å². The van der Waals surface area contributed by atoms with Crippen LogP contribution in [0.15, 0.2) is 23.8 Å². The van der Waals surface area contributed by atoms with Crippen LogP contribution in [0.1, 0.15) is 78.6 Å². The van der Waals surface area contributed by atoms with Crippen LogP contribution in [0.4, 0.5) is 4.39 Å². The Bertz CT molecular complexity index is 1250. The lowest BCUT2D eigenvalue weighted by Gasteiger charge is -2.62. The number of unbranched alkanes of at least 4 members (excludes halogenated alkanes) is 2. The van der Waals surface area contributed by atoms with Crippen molar-refractivity contribution >= 4 is 23.4 Å². The van der Waals surface area contributed by atoms with Crippen LogP contribution >= 0.6 is 0 Å². The second-order valence-corrected chi connectivity index (χ2v) is 13.2. The van der Waals surface area contributed by atoms with Crippen molar-refractivity contribution in [3.63, 3.8) is 0 Å². The largest absolute Gasteiger partial charge is 0.457 e. The van der Waals surface area contributed by atoms with E-state index >= 15 is 4.39 Å². The van der Waals surface area contributed by atoms with Gasteiger partial charge in [0.2, 0.25) is 11.7 Å². The lowest BCUT2D eigenvalue weighted by molar-refractivity contribution is -0.757. The smallest absolute Gasteiger partial charge is 0.308 e. The standard InChI is InChI=1S/C31H43FN2O10/c1-19-15-23-22-9-8-20-16-21(35)10-12-28(20,2)30(22,32)24(36)17-29(23,3)31(19,40)25(37)18-43-27(39)11-13-33-26(38)7-5-4-6-14-44-34(41)42/h10,12,16,19,22-24,36,40H,4-9,11,13-15,17-18H2,1-3H3,(H,33,38)/t19-,22?,23?,24+,28+,29+,30+,31+/m1/s1. The molecule has 44 heavy (non-hydrogen) atoms. The van der Waals surface area contributed by atoms with Gasteiger partial charge in [-0.15, -0.1) is 10.1 Å². The van der Waals surface area contributed by atoms with Crippen LogP contribution in [-0.2, 0) is 28.8 Å². The summed E-state index contributed by atoms with van der Waals surface area (Å²) < 4.78 is 22.5. The minimum absolute atomic E-state index is 0.0154. The summed E-state index contributed by atoms with van der Waals surface area (Å²) in [6.07, 6.45) is 5.32. The molecule has 2 unspecified atom stereocenters. The molecule has 0 aromatic heterocycles. The van der Waals surface area contributed by atoms with Crippen molar-refractivity contribution < 1.29 is 48.4 Å². The Labute approximate surface area is 255 Å². The van der Waals surface area contributed by atoms with E-state index in [0.29, 0.717) is 44.1 Å². The lowest BCUT2D eigenvalue weighted by atomic mass is 9.44. The van der Waals surface area contributed by atoms with E-state index in [0.717, 1.165) is 0 Å². The number of ether oxygens (including phenoxy) is 1. The molecule has 12 nitrogen and oxygen atoms in total. The van der Waals surface area contributed by atoms with Crippen molar-refractivity contribution in [2.45, 2.75) is 95.9 Å². The molecule has 0 aliphatic heterocycles. The number of rotatable bonds is 13. The van der Waals surface area contributed by atoms with Gasteiger partial charge in [0.25, 0.3) is 5.09 Å². The highest BCUT2D eigenvalue weighted by Gasteiger charge is 2.75. The van der Waals surface area contributed by atoms with Crippen LogP contribution in [0.25, 0.3) is 0 Å². The van der Waals surface area contributed by atoms with E-state index in [2.05, 4.69) is 10.2 Å². The van der Waals surface area contributed by atoms with Gasteiger partial charge >= 0.3 is 5.97 Å². The summed E-state index contributed by atoms with van der Waals surface area (Å²) in [5.41, 5.74) is -5.77. The molecule has 0 radical (unpaired) electrons. The van der Waals surface area contributed by atoms with Gasteiger partial charge in [0, 0.05) is 29.7 Å². The van der Waals surface area contributed by atoms with E-state index in [1.54, 1.807) is 26.8 Å². The number of hydrogen-bond donors (Lipinski definition) is 3. The molecule has 3 N–H and O–H groups in total. The summed E-state index contributed by atoms with van der Waals surface area (Å²) in [5.74, 6) is -3.65.